The molecule has 0 aromatic rings. The van der Waals surface area contributed by atoms with Crippen LogP contribution < -0.4 is 16.8 Å². The van der Waals surface area contributed by atoms with Crippen molar-refractivity contribution in [2.45, 2.75) is 24.9 Å². The van der Waals surface area contributed by atoms with Gasteiger partial charge in [-0.05, 0) is 6.42 Å². The van der Waals surface area contributed by atoms with Gasteiger partial charge in [-0.2, -0.15) is 12.6 Å². The number of amides is 1. The molecule has 122 valence electrons. The number of carboxylic acids is 3. The molecule has 0 aromatic heterocycles. The van der Waals surface area contributed by atoms with E-state index in [0.29, 0.717) is 0 Å². The lowest BCUT2D eigenvalue weighted by Gasteiger charge is -2.15. The molecule has 0 saturated heterocycles. The van der Waals surface area contributed by atoms with Gasteiger partial charge in [-0.15, -0.1) is 0 Å². The van der Waals surface area contributed by atoms with E-state index >= 15 is 0 Å². The zero-order valence-electron chi connectivity index (χ0n) is 11.1. The largest absolute Gasteiger partial charge is 0.481 e. The quantitative estimate of drug-likeness (QED) is 0.240. The van der Waals surface area contributed by atoms with E-state index in [1.807, 2.05) is 0 Å². The Morgan fingerprint density at radius 3 is 1.86 bits per heavy atom. The van der Waals surface area contributed by atoms with Crippen molar-refractivity contribution in [3.8, 4) is 0 Å². The highest BCUT2D eigenvalue weighted by Gasteiger charge is 2.22. The van der Waals surface area contributed by atoms with Crippen molar-refractivity contribution in [2.75, 3.05) is 12.3 Å². The van der Waals surface area contributed by atoms with Crippen molar-refractivity contribution in [2.24, 2.45) is 11.5 Å². The second-order valence-electron chi connectivity index (χ2n) is 3.72. The molecule has 0 radical (unpaired) electrons. The first-order valence-corrected chi connectivity index (χ1v) is 6.32. The summed E-state index contributed by atoms with van der Waals surface area (Å²) in [5.74, 6) is -4.00. The van der Waals surface area contributed by atoms with Crippen molar-refractivity contribution in [3.63, 3.8) is 0 Å². The van der Waals surface area contributed by atoms with Gasteiger partial charge < -0.3 is 32.1 Å². The summed E-state index contributed by atoms with van der Waals surface area (Å²) in [5, 5.41) is 26.7. The van der Waals surface area contributed by atoms with Crippen molar-refractivity contribution in [1.82, 2.24) is 5.32 Å². The lowest BCUT2D eigenvalue weighted by molar-refractivity contribution is -0.141. The first-order valence-electron chi connectivity index (χ1n) is 5.68. The van der Waals surface area contributed by atoms with Crippen LogP contribution in [0.5, 0.6) is 0 Å². The third-order valence-electron chi connectivity index (χ3n) is 1.98. The topological polar surface area (TPSA) is 193 Å². The third-order valence-corrected chi connectivity index (χ3v) is 2.34. The minimum atomic E-state index is -1.21. The summed E-state index contributed by atoms with van der Waals surface area (Å²) >= 11 is 3.75. The Bertz CT molecular complexity index is 378. The molecule has 0 aliphatic heterocycles. The van der Waals surface area contributed by atoms with Crippen LogP contribution in [0.25, 0.3) is 0 Å². The summed E-state index contributed by atoms with van der Waals surface area (Å²) in [6, 6.07) is -2.15. The van der Waals surface area contributed by atoms with Gasteiger partial charge in [-0.3, -0.25) is 14.4 Å². The zero-order valence-corrected chi connectivity index (χ0v) is 12.0. The highest BCUT2D eigenvalue weighted by atomic mass is 32.1. The molecule has 0 aliphatic rings. The van der Waals surface area contributed by atoms with E-state index in [1.165, 1.54) is 0 Å². The van der Waals surface area contributed by atoms with Crippen molar-refractivity contribution in [1.29, 1.82) is 0 Å². The Hall–Kier alpha value is -1.85. The fraction of sp³-hybridized carbons (Fsp3) is 0.600. The van der Waals surface area contributed by atoms with E-state index in [1.54, 1.807) is 0 Å². The summed E-state index contributed by atoms with van der Waals surface area (Å²) in [4.78, 5) is 41.3. The van der Waals surface area contributed by atoms with Crippen LogP contribution in [0.4, 0.5) is 0 Å². The number of aliphatic carboxylic acids is 3. The van der Waals surface area contributed by atoms with E-state index in [-0.39, 0.29) is 25.1 Å². The molecule has 0 aliphatic carbocycles. The van der Waals surface area contributed by atoms with Gasteiger partial charge in [0.2, 0.25) is 5.91 Å². The normalized spacial score (nSPS) is 12.3. The standard InChI is InChI=1S/C8H14N2O5S.C2H5NO2/c9-4(1-2-6(11)12)7(13)10-5(3-16)8(14)15;3-1-2(4)5/h4-5,16H,1-3,9H2,(H,10,13)(H,11,12)(H,14,15);1,3H2,(H,4,5)/t4-,5-;/m0./s1. The molecular weight excluding hydrogens is 306 g/mol. The molecule has 0 unspecified atom stereocenters. The molecule has 2 atom stereocenters. The second kappa shape index (κ2) is 11.9. The summed E-state index contributed by atoms with van der Waals surface area (Å²) in [7, 11) is 0. The van der Waals surface area contributed by atoms with E-state index in [2.05, 4.69) is 23.7 Å². The maximum Gasteiger partial charge on any atom is 0.327 e. The summed E-state index contributed by atoms with van der Waals surface area (Å²) in [5.41, 5.74) is 9.95. The van der Waals surface area contributed by atoms with Gasteiger partial charge in [-0.1, -0.05) is 0 Å². The zero-order chi connectivity index (χ0) is 17.0. The third kappa shape index (κ3) is 12.9. The fourth-order valence-electron chi connectivity index (χ4n) is 0.874. The monoisotopic (exact) mass is 325 g/mol. The average Bonchev–Trinajstić information content (AvgIpc) is 2.41. The van der Waals surface area contributed by atoms with Crippen LogP contribution in [0.2, 0.25) is 0 Å². The van der Waals surface area contributed by atoms with Crippen LogP contribution >= 0.6 is 12.6 Å². The molecule has 8 N–H and O–H groups in total. The Kier molecular flexibility index (Phi) is 12.2. The van der Waals surface area contributed by atoms with Crippen LogP contribution in [0.1, 0.15) is 12.8 Å². The van der Waals surface area contributed by atoms with Crippen molar-refractivity contribution >= 4 is 36.4 Å². The number of nitrogens with one attached hydrogen (secondary N) is 1. The van der Waals surface area contributed by atoms with E-state index < -0.39 is 35.9 Å². The molecule has 1 amide bonds. The molecule has 21 heavy (non-hydrogen) atoms. The van der Waals surface area contributed by atoms with Crippen molar-refractivity contribution < 1.29 is 34.5 Å². The maximum absolute atomic E-state index is 11.3. The minimum Gasteiger partial charge on any atom is -0.481 e. The van der Waals surface area contributed by atoms with Gasteiger partial charge in [0.25, 0.3) is 0 Å². The number of carbonyl (C=O) groups excluding carboxylic acids is 1. The molecule has 0 spiro atoms. The first kappa shape index (κ1) is 21.4. The van der Waals surface area contributed by atoms with E-state index in [4.69, 9.17) is 21.1 Å². The highest BCUT2D eigenvalue weighted by molar-refractivity contribution is 7.80. The lowest BCUT2D eigenvalue weighted by Crippen LogP contribution is -2.49. The number of hydrogen-bond acceptors (Lipinski definition) is 7. The van der Waals surface area contributed by atoms with Crippen LogP contribution in [0, 0.1) is 0 Å². The Morgan fingerprint density at radius 1 is 1.10 bits per heavy atom. The number of hydrogen-bond donors (Lipinski definition) is 7. The highest BCUT2D eigenvalue weighted by Crippen LogP contribution is 1.96. The van der Waals surface area contributed by atoms with Gasteiger partial charge in [0.1, 0.15) is 6.04 Å². The van der Waals surface area contributed by atoms with Crippen LogP contribution in [0.15, 0.2) is 0 Å². The number of rotatable bonds is 8. The molecule has 0 rings (SSSR count). The van der Waals surface area contributed by atoms with E-state index in [0.717, 1.165) is 0 Å². The Balaban J connectivity index is 0. The average molecular weight is 325 g/mol. The lowest BCUT2D eigenvalue weighted by atomic mass is 10.1. The van der Waals surface area contributed by atoms with Gasteiger partial charge in [0.05, 0.1) is 12.6 Å². The van der Waals surface area contributed by atoms with Gasteiger partial charge in [0.15, 0.2) is 0 Å². The van der Waals surface area contributed by atoms with Gasteiger partial charge in [0, 0.05) is 12.2 Å². The van der Waals surface area contributed by atoms with Crippen LogP contribution in [0.3, 0.4) is 0 Å². The van der Waals surface area contributed by atoms with Gasteiger partial charge >= 0.3 is 17.9 Å². The maximum atomic E-state index is 11.3. The van der Waals surface area contributed by atoms with E-state index in [9.17, 15) is 19.2 Å². The molecule has 0 heterocycles. The molecule has 11 heteroatoms. The summed E-state index contributed by atoms with van der Waals surface area (Å²) in [6.45, 7) is -0.278. The molecule has 0 saturated carbocycles. The van der Waals surface area contributed by atoms with Crippen LogP contribution in [-0.4, -0.2) is 63.5 Å². The van der Waals surface area contributed by atoms with Crippen molar-refractivity contribution in [3.05, 3.63) is 0 Å². The SMILES string of the molecule is NCC(=O)O.N[C@@H](CCC(=O)O)C(=O)N[C@@H](CS)C(=O)O. The second-order valence-corrected chi connectivity index (χ2v) is 4.08. The molecule has 0 fully saturated rings. The number of carbonyl (C=O) groups is 4. The minimum absolute atomic E-state index is 0.0416. The first-order chi connectivity index (χ1) is 9.65. The number of thiol groups is 1. The predicted octanol–water partition coefficient (Wildman–Crippen LogP) is -2.29. The predicted molar refractivity (Wildman–Crippen MR) is 75.0 cm³/mol. The molecule has 10 nitrogen and oxygen atoms in total. The molecule has 0 bridgehead atoms. The van der Waals surface area contributed by atoms with Crippen LogP contribution in [-0.2, 0) is 19.2 Å². The smallest absolute Gasteiger partial charge is 0.327 e. The number of nitrogens with two attached hydrogens (primary N) is 2. The summed E-state index contributed by atoms with van der Waals surface area (Å²) in [6.07, 6.45) is -0.284. The summed E-state index contributed by atoms with van der Waals surface area (Å²) < 4.78 is 0. The van der Waals surface area contributed by atoms with Gasteiger partial charge in [-0.25, -0.2) is 4.79 Å². The molecule has 0 aromatic carbocycles. The number of carboxylic acid groups (broad SMARTS) is 3. The fourth-order valence-corrected chi connectivity index (χ4v) is 1.12. The molecular formula is C10H19N3O7S. The Labute approximate surface area is 125 Å². The Morgan fingerprint density at radius 2 is 1.57 bits per heavy atom.